The summed E-state index contributed by atoms with van der Waals surface area (Å²) in [5.41, 5.74) is 2.74. The van der Waals surface area contributed by atoms with E-state index in [9.17, 15) is 24.6 Å². The van der Waals surface area contributed by atoms with Gasteiger partial charge in [0.05, 0.1) is 0 Å². The number of carboxylic acid groups (broad SMARTS) is 1. The molecule has 2 atom stereocenters. The number of rotatable bonds is 8. The average molecular weight is 479 g/mol. The van der Waals surface area contributed by atoms with E-state index < -0.39 is 29.6 Å². The number of H-pyrrole nitrogens is 1. The molecule has 9 nitrogen and oxygen atoms in total. The number of hydrogen-bond donors (Lipinski definition) is 4. The Bertz CT molecular complexity index is 1480. The lowest BCUT2D eigenvalue weighted by atomic mass is 10.0. The molecule has 2 heterocycles. The van der Waals surface area contributed by atoms with Gasteiger partial charge in [-0.15, -0.1) is 0 Å². The van der Waals surface area contributed by atoms with Crippen LogP contribution in [0.3, 0.4) is 0 Å². The Morgan fingerprint density at radius 1 is 1.14 bits per heavy atom. The van der Waals surface area contributed by atoms with Gasteiger partial charge in [0.1, 0.15) is 23.1 Å². The van der Waals surface area contributed by atoms with Gasteiger partial charge in [-0.3, -0.25) is 4.79 Å². The Morgan fingerprint density at radius 2 is 1.91 bits per heavy atom. The van der Waals surface area contributed by atoms with Crippen molar-refractivity contribution in [1.82, 2.24) is 10.3 Å². The summed E-state index contributed by atoms with van der Waals surface area (Å²) in [6, 6.07) is 8.48. The van der Waals surface area contributed by atoms with Gasteiger partial charge in [0.2, 0.25) is 0 Å². The van der Waals surface area contributed by atoms with Crippen LogP contribution in [-0.4, -0.2) is 39.2 Å². The molecule has 0 bridgehead atoms. The normalized spacial score (nSPS) is 13.0. The number of phenols is 1. The smallest absolute Gasteiger partial charge is 0.336 e. The van der Waals surface area contributed by atoms with E-state index in [0.29, 0.717) is 34.3 Å². The third kappa shape index (κ3) is 4.84. The third-order valence-corrected chi connectivity index (χ3v) is 6.04. The van der Waals surface area contributed by atoms with Crippen molar-refractivity contribution in [1.29, 1.82) is 0 Å². The van der Waals surface area contributed by atoms with E-state index in [4.69, 9.17) is 9.15 Å². The van der Waals surface area contributed by atoms with E-state index in [2.05, 4.69) is 10.3 Å². The van der Waals surface area contributed by atoms with Gasteiger partial charge in [-0.2, -0.15) is 0 Å². The molecule has 0 saturated heterocycles. The average Bonchev–Trinajstić information content (AvgIpc) is 3.21. The molecule has 0 unspecified atom stereocenters. The van der Waals surface area contributed by atoms with Gasteiger partial charge in [-0.05, 0) is 61.7 Å². The number of aromatic nitrogens is 1. The maximum atomic E-state index is 12.8. The minimum Gasteiger partial charge on any atom is -0.508 e. The molecular formula is C26H26N2O7. The number of fused-ring (bicyclic) bond motifs is 2. The number of benzene rings is 2. The van der Waals surface area contributed by atoms with Gasteiger partial charge in [0, 0.05) is 40.5 Å². The molecule has 4 rings (SSSR count). The number of hydrogen-bond acceptors (Lipinski definition) is 6. The van der Waals surface area contributed by atoms with Crippen molar-refractivity contribution in [3.63, 3.8) is 0 Å². The number of amides is 1. The monoisotopic (exact) mass is 478 g/mol. The van der Waals surface area contributed by atoms with Gasteiger partial charge in [0.25, 0.3) is 5.91 Å². The second-order valence-electron chi connectivity index (χ2n) is 8.42. The first-order valence-corrected chi connectivity index (χ1v) is 11.2. The summed E-state index contributed by atoms with van der Waals surface area (Å²) in [5.74, 6) is -1.39. The summed E-state index contributed by atoms with van der Waals surface area (Å²) in [7, 11) is 0. The zero-order valence-corrected chi connectivity index (χ0v) is 19.5. The molecule has 9 heteroatoms. The number of phenolic OH excluding ortho intramolecular Hbond substituents is 1. The maximum Gasteiger partial charge on any atom is 0.336 e. The van der Waals surface area contributed by atoms with Crippen LogP contribution in [0.15, 0.2) is 51.8 Å². The lowest BCUT2D eigenvalue weighted by molar-refractivity contribution is -0.142. The molecule has 4 N–H and O–H groups in total. The number of nitrogens with one attached hydrogen (secondary N) is 2. The number of carboxylic acids is 1. The SMILES string of the molecule is CCc1cc(=O)oc2c(C)c(O[C@H](C)C(=O)N[C@H](Cc3c[nH]c4ccc(O)cc34)C(=O)O)ccc12. The van der Waals surface area contributed by atoms with E-state index in [0.717, 1.165) is 16.5 Å². The van der Waals surface area contributed by atoms with Crippen LogP contribution in [-0.2, 0) is 22.4 Å². The first-order chi connectivity index (χ1) is 16.7. The predicted octanol–water partition coefficient (Wildman–Crippen LogP) is 3.43. The Morgan fingerprint density at radius 3 is 2.63 bits per heavy atom. The number of aryl methyl sites for hydroxylation is 2. The number of ether oxygens (including phenoxy) is 1. The van der Waals surface area contributed by atoms with Gasteiger partial charge in [-0.1, -0.05) is 6.92 Å². The van der Waals surface area contributed by atoms with E-state index in [1.165, 1.54) is 19.1 Å². The fourth-order valence-corrected chi connectivity index (χ4v) is 4.12. The number of carbonyl (C=O) groups excluding carboxylic acids is 1. The molecule has 0 radical (unpaired) electrons. The molecular weight excluding hydrogens is 452 g/mol. The summed E-state index contributed by atoms with van der Waals surface area (Å²) < 4.78 is 11.2. The fourth-order valence-electron chi connectivity index (χ4n) is 4.12. The summed E-state index contributed by atoms with van der Waals surface area (Å²) in [5, 5.41) is 23.5. The van der Waals surface area contributed by atoms with E-state index >= 15 is 0 Å². The molecule has 35 heavy (non-hydrogen) atoms. The van der Waals surface area contributed by atoms with Crippen molar-refractivity contribution < 1.29 is 29.0 Å². The van der Waals surface area contributed by atoms with Crippen molar-refractivity contribution in [2.45, 2.75) is 45.8 Å². The third-order valence-electron chi connectivity index (χ3n) is 6.04. The molecule has 1 amide bonds. The van der Waals surface area contributed by atoms with Crippen LogP contribution in [0, 0.1) is 6.92 Å². The van der Waals surface area contributed by atoms with Crippen molar-refractivity contribution in [3.8, 4) is 11.5 Å². The second kappa shape index (κ2) is 9.54. The fraction of sp³-hybridized carbons (Fsp3) is 0.269. The predicted molar refractivity (Wildman–Crippen MR) is 130 cm³/mol. The van der Waals surface area contributed by atoms with Gasteiger partial charge < -0.3 is 29.7 Å². The Balaban J connectivity index is 1.52. The first-order valence-electron chi connectivity index (χ1n) is 11.2. The van der Waals surface area contributed by atoms with Crippen LogP contribution in [0.2, 0.25) is 0 Å². The van der Waals surface area contributed by atoms with Crippen LogP contribution in [0.4, 0.5) is 0 Å². The maximum absolute atomic E-state index is 12.8. The molecule has 4 aromatic rings. The van der Waals surface area contributed by atoms with E-state index in [1.54, 1.807) is 37.4 Å². The van der Waals surface area contributed by atoms with Crippen molar-refractivity contribution in [3.05, 3.63) is 69.7 Å². The van der Waals surface area contributed by atoms with Crippen LogP contribution in [0.5, 0.6) is 11.5 Å². The Hall–Kier alpha value is -4.27. The first kappa shape index (κ1) is 23.9. The largest absolute Gasteiger partial charge is 0.508 e. The molecule has 0 aliphatic rings. The molecule has 2 aromatic carbocycles. The number of aliphatic carboxylic acids is 1. The molecule has 0 fully saturated rings. The van der Waals surface area contributed by atoms with Gasteiger partial charge in [-0.25, -0.2) is 9.59 Å². The summed E-state index contributed by atoms with van der Waals surface area (Å²) in [6.45, 7) is 5.19. The topological polar surface area (TPSA) is 142 Å². The van der Waals surface area contributed by atoms with Crippen LogP contribution < -0.4 is 15.7 Å². The highest BCUT2D eigenvalue weighted by atomic mass is 16.5. The van der Waals surface area contributed by atoms with Crippen LogP contribution >= 0.6 is 0 Å². The van der Waals surface area contributed by atoms with Crippen molar-refractivity contribution >= 4 is 33.7 Å². The molecule has 0 aliphatic carbocycles. The van der Waals surface area contributed by atoms with Gasteiger partial charge >= 0.3 is 11.6 Å². The van der Waals surface area contributed by atoms with Crippen molar-refractivity contribution in [2.75, 3.05) is 0 Å². The number of carbonyl (C=O) groups is 2. The summed E-state index contributed by atoms with van der Waals surface area (Å²) in [6.07, 6.45) is 1.31. The molecule has 0 spiro atoms. The lowest BCUT2D eigenvalue weighted by Crippen LogP contribution is -2.47. The number of aromatic hydroxyl groups is 1. The van der Waals surface area contributed by atoms with Gasteiger partial charge in [0.15, 0.2) is 6.10 Å². The quantitative estimate of drug-likeness (QED) is 0.284. The van der Waals surface area contributed by atoms with Crippen LogP contribution in [0.25, 0.3) is 21.9 Å². The standard InChI is InChI=1S/C26H26N2O7/c1-4-15-10-23(30)35-24-13(2)22(8-6-18(15)24)34-14(3)25(31)28-21(26(32)33)9-16-12-27-20-7-5-17(29)11-19(16)20/h5-8,10-12,14,21,27,29H,4,9H2,1-3H3,(H,28,31)(H,32,33)/t14-,21-/m1/s1. The van der Waals surface area contributed by atoms with E-state index in [-0.39, 0.29) is 12.2 Å². The summed E-state index contributed by atoms with van der Waals surface area (Å²) in [4.78, 5) is 39.7. The zero-order valence-electron chi connectivity index (χ0n) is 19.5. The molecule has 0 saturated carbocycles. The molecule has 182 valence electrons. The highest BCUT2D eigenvalue weighted by Crippen LogP contribution is 2.29. The highest BCUT2D eigenvalue weighted by molar-refractivity contribution is 5.89. The molecule has 0 aliphatic heterocycles. The van der Waals surface area contributed by atoms with Crippen molar-refractivity contribution in [2.24, 2.45) is 0 Å². The highest BCUT2D eigenvalue weighted by Gasteiger charge is 2.26. The minimum atomic E-state index is -1.21. The Labute approximate surface area is 200 Å². The minimum absolute atomic E-state index is 0.0111. The Kier molecular flexibility index (Phi) is 6.50. The second-order valence-corrected chi connectivity index (χ2v) is 8.42. The van der Waals surface area contributed by atoms with Crippen LogP contribution in [0.1, 0.15) is 30.5 Å². The summed E-state index contributed by atoms with van der Waals surface area (Å²) >= 11 is 0. The lowest BCUT2D eigenvalue weighted by Gasteiger charge is -2.20. The zero-order chi connectivity index (χ0) is 25.3. The van der Waals surface area contributed by atoms with E-state index in [1.807, 2.05) is 6.92 Å². The molecule has 2 aromatic heterocycles. The number of aromatic amines is 1.